The molecule has 4 nitrogen and oxygen atoms in total. The number of carbonyl (C=O) groups is 1. The van der Waals surface area contributed by atoms with E-state index in [9.17, 15) is 4.79 Å². The second kappa shape index (κ2) is 4.10. The lowest BCUT2D eigenvalue weighted by Gasteiger charge is -2.06. The lowest BCUT2D eigenvalue weighted by atomic mass is 10.1. The molecule has 4 heteroatoms. The van der Waals surface area contributed by atoms with Gasteiger partial charge in [-0.15, -0.1) is 0 Å². The van der Waals surface area contributed by atoms with Gasteiger partial charge >= 0.3 is 5.97 Å². The second-order valence-corrected chi connectivity index (χ2v) is 3.20. The highest BCUT2D eigenvalue weighted by atomic mass is 16.5. The number of hydrogen-bond donors (Lipinski definition) is 1. The molecule has 16 heavy (non-hydrogen) atoms. The molecular weight excluding hydrogens is 208 g/mol. The van der Waals surface area contributed by atoms with Crippen molar-refractivity contribution in [3.05, 3.63) is 42.2 Å². The van der Waals surface area contributed by atoms with Crippen LogP contribution in [0.3, 0.4) is 0 Å². The standard InChI is InChI=1S/C12H10O4/c1-15-11-7-8(10-3-2-6-16-10)4-5-9(11)12(13)14/h2-7H,1H3,(H,13,14). The van der Waals surface area contributed by atoms with E-state index in [4.69, 9.17) is 14.3 Å². The molecule has 2 aromatic rings. The zero-order chi connectivity index (χ0) is 11.5. The van der Waals surface area contributed by atoms with Crippen molar-refractivity contribution in [3.63, 3.8) is 0 Å². The molecule has 2 rings (SSSR count). The molecule has 0 saturated carbocycles. The zero-order valence-electron chi connectivity index (χ0n) is 8.64. The molecule has 0 aliphatic heterocycles. The monoisotopic (exact) mass is 218 g/mol. The maximum absolute atomic E-state index is 10.9. The Kier molecular flexibility index (Phi) is 2.64. The fourth-order valence-corrected chi connectivity index (χ4v) is 1.46. The highest BCUT2D eigenvalue weighted by Crippen LogP contribution is 2.27. The topological polar surface area (TPSA) is 59.7 Å². The minimum Gasteiger partial charge on any atom is -0.496 e. The zero-order valence-corrected chi connectivity index (χ0v) is 8.64. The third kappa shape index (κ3) is 1.77. The van der Waals surface area contributed by atoms with Gasteiger partial charge in [-0.3, -0.25) is 0 Å². The summed E-state index contributed by atoms with van der Waals surface area (Å²) >= 11 is 0. The van der Waals surface area contributed by atoms with E-state index in [-0.39, 0.29) is 5.56 Å². The van der Waals surface area contributed by atoms with Gasteiger partial charge in [-0.2, -0.15) is 0 Å². The summed E-state index contributed by atoms with van der Waals surface area (Å²) in [4.78, 5) is 10.9. The van der Waals surface area contributed by atoms with E-state index in [1.165, 1.54) is 13.2 Å². The fourth-order valence-electron chi connectivity index (χ4n) is 1.46. The second-order valence-electron chi connectivity index (χ2n) is 3.20. The molecule has 1 heterocycles. The van der Waals surface area contributed by atoms with Gasteiger partial charge in [0.25, 0.3) is 0 Å². The van der Waals surface area contributed by atoms with Gasteiger partial charge in [0, 0.05) is 5.56 Å². The van der Waals surface area contributed by atoms with Gasteiger partial charge < -0.3 is 14.3 Å². The molecule has 0 aliphatic rings. The molecule has 0 atom stereocenters. The summed E-state index contributed by atoms with van der Waals surface area (Å²) in [5.74, 6) is -0.0144. The number of furan rings is 1. The smallest absolute Gasteiger partial charge is 0.339 e. The highest BCUT2D eigenvalue weighted by molar-refractivity contribution is 5.91. The van der Waals surface area contributed by atoms with Crippen molar-refractivity contribution in [1.29, 1.82) is 0 Å². The van der Waals surface area contributed by atoms with Crippen molar-refractivity contribution < 1.29 is 19.1 Å². The number of aromatic carboxylic acids is 1. The van der Waals surface area contributed by atoms with Gasteiger partial charge in [0.05, 0.1) is 13.4 Å². The van der Waals surface area contributed by atoms with Crippen molar-refractivity contribution in [2.45, 2.75) is 0 Å². The van der Waals surface area contributed by atoms with Crippen molar-refractivity contribution in [2.75, 3.05) is 7.11 Å². The minimum atomic E-state index is -1.01. The predicted octanol–water partition coefficient (Wildman–Crippen LogP) is 2.65. The van der Waals surface area contributed by atoms with E-state index in [0.29, 0.717) is 11.5 Å². The van der Waals surface area contributed by atoms with E-state index in [2.05, 4.69) is 0 Å². The first kappa shape index (κ1) is 10.3. The van der Waals surface area contributed by atoms with Crippen LogP contribution in [0.15, 0.2) is 41.0 Å². The van der Waals surface area contributed by atoms with E-state index in [1.807, 2.05) is 0 Å². The highest BCUT2D eigenvalue weighted by Gasteiger charge is 2.12. The summed E-state index contributed by atoms with van der Waals surface area (Å²) in [5, 5.41) is 8.91. The van der Waals surface area contributed by atoms with Crippen LogP contribution in [0.25, 0.3) is 11.3 Å². The summed E-state index contributed by atoms with van der Waals surface area (Å²) in [5.41, 5.74) is 0.921. The maximum Gasteiger partial charge on any atom is 0.339 e. The molecule has 0 aliphatic carbocycles. The largest absolute Gasteiger partial charge is 0.496 e. The maximum atomic E-state index is 10.9. The van der Waals surface area contributed by atoms with Crippen LogP contribution < -0.4 is 4.74 Å². The Morgan fingerprint density at radius 1 is 1.38 bits per heavy atom. The van der Waals surface area contributed by atoms with Gasteiger partial charge in [-0.05, 0) is 24.3 Å². The molecule has 0 bridgehead atoms. The number of methoxy groups -OCH3 is 1. The van der Waals surface area contributed by atoms with Crippen LogP contribution in [0.1, 0.15) is 10.4 Å². The Morgan fingerprint density at radius 2 is 2.19 bits per heavy atom. The van der Waals surface area contributed by atoms with E-state index >= 15 is 0 Å². The normalized spacial score (nSPS) is 10.1. The Bertz CT molecular complexity index is 500. The number of benzene rings is 1. The van der Waals surface area contributed by atoms with Crippen LogP contribution in [-0.2, 0) is 0 Å². The summed E-state index contributed by atoms with van der Waals surface area (Å²) in [6.45, 7) is 0. The molecule has 0 amide bonds. The van der Waals surface area contributed by atoms with Gasteiger partial charge in [0.15, 0.2) is 0 Å². The SMILES string of the molecule is COc1cc(-c2ccco2)ccc1C(=O)O. The lowest BCUT2D eigenvalue weighted by Crippen LogP contribution is -2.00. The molecule has 1 aromatic carbocycles. The number of carboxylic acids is 1. The van der Waals surface area contributed by atoms with Crippen molar-refractivity contribution in [1.82, 2.24) is 0 Å². The molecule has 0 saturated heterocycles. The molecule has 82 valence electrons. The molecule has 1 N–H and O–H groups in total. The van der Waals surface area contributed by atoms with Crippen molar-refractivity contribution in [2.24, 2.45) is 0 Å². The molecule has 0 radical (unpaired) electrons. The van der Waals surface area contributed by atoms with Crippen LogP contribution in [-0.4, -0.2) is 18.2 Å². The first-order valence-electron chi connectivity index (χ1n) is 4.67. The Labute approximate surface area is 92.1 Å². The number of rotatable bonds is 3. The van der Waals surface area contributed by atoms with E-state index in [0.717, 1.165) is 5.56 Å². The first-order valence-corrected chi connectivity index (χ1v) is 4.67. The molecule has 0 fully saturated rings. The average molecular weight is 218 g/mol. The average Bonchev–Trinajstić information content (AvgIpc) is 2.81. The van der Waals surface area contributed by atoms with Gasteiger partial charge in [0.1, 0.15) is 17.1 Å². The van der Waals surface area contributed by atoms with Crippen LogP contribution >= 0.6 is 0 Å². The molecular formula is C12H10O4. The summed E-state index contributed by atoms with van der Waals surface area (Å²) in [7, 11) is 1.44. The van der Waals surface area contributed by atoms with Crippen LogP contribution in [0.5, 0.6) is 5.75 Å². The number of ether oxygens (including phenoxy) is 1. The van der Waals surface area contributed by atoms with Gasteiger partial charge in [-0.25, -0.2) is 4.79 Å². The predicted molar refractivity (Wildman–Crippen MR) is 57.7 cm³/mol. The van der Waals surface area contributed by atoms with Crippen molar-refractivity contribution >= 4 is 5.97 Å². The fraction of sp³-hybridized carbons (Fsp3) is 0.0833. The first-order chi connectivity index (χ1) is 7.72. The minimum absolute atomic E-state index is 0.137. The lowest BCUT2D eigenvalue weighted by molar-refractivity contribution is 0.0693. The Hall–Kier alpha value is -2.23. The number of hydrogen-bond acceptors (Lipinski definition) is 3. The van der Waals surface area contributed by atoms with Crippen LogP contribution in [0.2, 0.25) is 0 Å². The summed E-state index contributed by atoms with van der Waals surface area (Å²) in [6, 6.07) is 8.40. The van der Waals surface area contributed by atoms with Crippen LogP contribution in [0.4, 0.5) is 0 Å². The third-order valence-electron chi connectivity index (χ3n) is 2.24. The summed E-state index contributed by atoms with van der Waals surface area (Å²) < 4.78 is 10.2. The van der Waals surface area contributed by atoms with Crippen LogP contribution in [0, 0.1) is 0 Å². The molecule has 0 unspecified atom stereocenters. The quantitative estimate of drug-likeness (QED) is 0.860. The molecule has 0 spiro atoms. The van der Waals surface area contributed by atoms with Gasteiger partial charge in [0.2, 0.25) is 0 Å². The molecule has 1 aromatic heterocycles. The number of carboxylic acid groups (broad SMARTS) is 1. The third-order valence-corrected chi connectivity index (χ3v) is 2.24. The Morgan fingerprint density at radius 3 is 2.75 bits per heavy atom. The Balaban J connectivity index is 2.49. The van der Waals surface area contributed by atoms with Gasteiger partial charge in [-0.1, -0.05) is 6.07 Å². The van der Waals surface area contributed by atoms with Crippen molar-refractivity contribution in [3.8, 4) is 17.1 Å². The summed E-state index contributed by atoms with van der Waals surface area (Å²) in [6.07, 6.45) is 1.56. The van der Waals surface area contributed by atoms with E-state index < -0.39 is 5.97 Å². The van der Waals surface area contributed by atoms with E-state index in [1.54, 1.807) is 30.5 Å².